The first kappa shape index (κ1) is 25.9. The zero-order valence-corrected chi connectivity index (χ0v) is 22.3. The zero-order valence-electron chi connectivity index (χ0n) is 22.3. The number of nitrogens with one attached hydrogen (secondary N) is 1. The van der Waals surface area contributed by atoms with Gasteiger partial charge in [0.25, 0.3) is 0 Å². The molecule has 2 heterocycles. The van der Waals surface area contributed by atoms with Gasteiger partial charge in [0.15, 0.2) is 0 Å². The number of likely N-dealkylation sites (tertiary alicyclic amines) is 2. The van der Waals surface area contributed by atoms with Crippen LogP contribution in [0.5, 0.6) is 0 Å². The molecule has 2 aliphatic heterocycles. The van der Waals surface area contributed by atoms with Crippen molar-refractivity contribution < 1.29 is 0 Å². The monoisotopic (exact) mass is 493 g/mol. The molecule has 3 nitrogen and oxygen atoms in total. The van der Waals surface area contributed by atoms with E-state index in [2.05, 4.69) is 106 Å². The Balaban J connectivity index is 1.16. The first-order chi connectivity index (χ1) is 18.3. The molecule has 0 aliphatic carbocycles. The molecule has 5 rings (SSSR count). The van der Waals surface area contributed by atoms with E-state index in [0.29, 0.717) is 5.92 Å². The maximum atomic E-state index is 3.71. The molecule has 0 saturated carbocycles. The molecular weight excluding hydrogens is 450 g/mol. The summed E-state index contributed by atoms with van der Waals surface area (Å²) in [6.45, 7) is 9.11. The smallest absolute Gasteiger partial charge is 0.0217 e. The van der Waals surface area contributed by atoms with Crippen LogP contribution in [0.1, 0.15) is 60.3 Å². The highest BCUT2D eigenvalue weighted by Gasteiger charge is 2.21. The number of hydrogen-bond acceptors (Lipinski definition) is 3. The van der Waals surface area contributed by atoms with E-state index < -0.39 is 0 Å². The van der Waals surface area contributed by atoms with Crippen LogP contribution in [0.15, 0.2) is 90.5 Å². The van der Waals surface area contributed by atoms with Gasteiger partial charge < -0.3 is 15.1 Å². The zero-order chi connectivity index (χ0) is 25.1. The largest absolute Gasteiger partial charge is 0.311 e. The third kappa shape index (κ3) is 7.64. The second-order valence-corrected chi connectivity index (χ2v) is 10.8. The van der Waals surface area contributed by atoms with E-state index in [0.717, 1.165) is 45.6 Å². The molecule has 0 atom stereocenters. The number of rotatable bonds is 10. The number of piperidine rings is 2. The van der Waals surface area contributed by atoms with Gasteiger partial charge in [-0.1, -0.05) is 103 Å². The summed E-state index contributed by atoms with van der Waals surface area (Å²) in [7, 11) is 0. The van der Waals surface area contributed by atoms with Crippen LogP contribution in [0.3, 0.4) is 0 Å². The van der Waals surface area contributed by atoms with Crippen molar-refractivity contribution in [3.8, 4) is 0 Å². The van der Waals surface area contributed by atoms with Gasteiger partial charge in [0.1, 0.15) is 0 Å². The molecule has 194 valence electrons. The molecule has 0 amide bonds. The van der Waals surface area contributed by atoms with Crippen molar-refractivity contribution in [1.29, 1.82) is 0 Å². The lowest BCUT2D eigenvalue weighted by atomic mass is 9.90. The topological polar surface area (TPSA) is 18.5 Å². The molecule has 0 spiro atoms. The number of hydrogen-bond donors (Lipinski definition) is 1. The van der Waals surface area contributed by atoms with Gasteiger partial charge in [-0.05, 0) is 61.0 Å². The van der Waals surface area contributed by atoms with Gasteiger partial charge in [-0.3, -0.25) is 0 Å². The summed E-state index contributed by atoms with van der Waals surface area (Å²) >= 11 is 0. The highest BCUT2D eigenvalue weighted by atomic mass is 15.1. The molecule has 1 N–H and O–H groups in total. The molecule has 37 heavy (non-hydrogen) atoms. The Kier molecular flexibility index (Phi) is 9.61. The summed E-state index contributed by atoms with van der Waals surface area (Å²) in [5, 5.41) is 3.71. The Morgan fingerprint density at radius 1 is 0.676 bits per heavy atom. The van der Waals surface area contributed by atoms with Gasteiger partial charge in [0, 0.05) is 45.2 Å². The molecule has 2 aliphatic rings. The average Bonchev–Trinajstić information content (AvgIpc) is 2.97. The second-order valence-electron chi connectivity index (χ2n) is 10.8. The summed E-state index contributed by atoms with van der Waals surface area (Å²) in [5.41, 5.74) is 7.23. The van der Waals surface area contributed by atoms with Crippen LogP contribution < -0.4 is 5.32 Å². The molecule has 2 saturated heterocycles. The van der Waals surface area contributed by atoms with Crippen molar-refractivity contribution >= 4 is 6.08 Å². The fraction of sp³-hybridized carbons (Fsp3) is 0.412. The van der Waals surface area contributed by atoms with Crippen LogP contribution in [0.25, 0.3) is 6.08 Å². The van der Waals surface area contributed by atoms with Crippen LogP contribution in [-0.4, -0.2) is 55.6 Å². The van der Waals surface area contributed by atoms with Crippen molar-refractivity contribution in [1.82, 2.24) is 15.1 Å². The lowest BCUT2D eigenvalue weighted by molar-refractivity contribution is 0.229. The Hall–Kier alpha value is -2.72. The van der Waals surface area contributed by atoms with E-state index in [-0.39, 0.29) is 0 Å². The standard InChI is InChI=1S/C34H43N3/c1-4-12-30(13-5-1)34(31-14-6-2-7-15-31)28-37-23-18-29(19-24-37)26-32-16-8-9-17-33(32)27-35-20-25-36-21-10-3-11-22-36/h1-2,4-9,12-17,26,34-35H,3,10-11,18-25,27-28H2. The van der Waals surface area contributed by atoms with Gasteiger partial charge in [-0.2, -0.15) is 0 Å². The van der Waals surface area contributed by atoms with E-state index in [9.17, 15) is 0 Å². The SMILES string of the molecule is C(=C1CCN(CC(c2ccccc2)c2ccccc2)CC1)c1ccccc1CNCCN1CCCCC1. The van der Waals surface area contributed by atoms with E-state index in [4.69, 9.17) is 0 Å². The molecule has 0 unspecified atom stereocenters. The van der Waals surface area contributed by atoms with Crippen molar-refractivity contribution in [3.05, 3.63) is 113 Å². The molecular formula is C34H43N3. The van der Waals surface area contributed by atoms with Gasteiger partial charge in [-0.15, -0.1) is 0 Å². The van der Waals surface area contributed by atoms with Crippen molar-refractivity contribution in [2.45, 2.75) is 44.6 Å². The van der Waals surface area contributed by atoms with E-state index >= 15 is 0 Å². The van der Waals surface area contributed by atoms with Crippen LogP contribution in [-0.2, 0) is 6.54 Å². The van der Waals surface area contributed by atoms with Gasteiger partial charge >= 0.3 is 0 Å². The third-order valence-electron chi connectivity index (χ3n) is 8.13. The first-order valence-corrected chi connectivity index (χ1v) is 14.4. The van der Waals surface area contributed by atoms with Gasteiger partial charge in [0.05, 0.1) is 0 Å². The predicted molar refractivity (Wildman–Crippen MR) is 157 cm³/mol. The highest BCUT2D eigenvalue weighted by Crippen LogP contribution is 2.28. The minimum atomic E-state index is 0.421. The Labute approximate surface area is 224 Å². The summed E-state index contributed by atoms with van der Waals surface area (Å²) < 4.78 is 0. The molecule has 2 fully saturated rings. The van der Waals surface area contributed by atoms with Gasteiger partial charge in [0.2, 0.25) is 0 Å². The Bertz CT molecular complexity index is 1050. The lowest BCUT2D eigenvalue weighted by Crippen LogP contribution is -2.35. The fourth-order valence-electron chi connectivity index (χ4n) is 5.90. The van der Waals surface area contributed by atoms with E-state index in [1.54, 1.807) is 5.57 Å². The Morgan fingerprint density at radius 2 is 1.30 bits per heavy atom. The maximum Gasteiger partial charge on any atom is 0.0217 e. The van der Waals surface area contributed by atoms with E-state index in [1.807, 2.05) is 0 Å². The number of benzene rings is 3. The van der Waals surface area contributed by atoms with Crippen LogP contribution in [0.2, 0.25) is 0 Å². The molecule has 3 aromatic carbocycles. The molecule has 3 heteroatoms. The van der Waals surface area contributed by atoms with Crippen molar-refractivity contribution in [2.75, 3.05) is 45.8 Å². The predicted octanol–water partition coefficient (Wildman–Crippen LogP) is 6.57. The normalized spacial score (nSPS) is 17.3. The van der Waals surface area contributed by atoms with Crippen LogP contribution >= 0.6 is 0 Å². The summed E-state index contributed by atoms with van der Waals surface area (Å²) in [5.74, 6) is 0.421. The second kappa shape index (κ2) is 13.7. The minimum absolute atomic E-state index is 0.421. The fourth-order valence-corrected chi connectivity index (χ4v) is 5.90. The van der Waals surface area contributed by atoms with Crippen molar-refractivity contribution in [2.24, 2.45) is 0 Å². The maximum absolute atomic E-state index is 3.71. The average molecular weight is 494 g/mol. The van der Waals surface area contributed by atoms with Crippen LogP contribution in [0, 0.1) is 0 Å². The third-order valence-corrected chi connectivity index (χ3v) is 8.13. The summed E-state index contributed by atoms with van der Waals surface area (Å²) in [6.07, 6.45) is 8.94. The minimum Gasteiger partial charge on any atom is -0.311 e. The first-order valence-electron chi connectivity index (χ1n) is 14.4. The van der Waals surface area contributed by atoms with E-state index in [1.165, 1.54) is 61.2 Å². The summed E-state index contributed by atoms with van der Waals surface area (Å²) in [6, 6.07) is 31.0. The highest BCUT2D eigenvalue weighted by molar-refractivity contribution is 5.57. The molecule has 0 bridgehead atoms. The van der Waals surface area contributed by atoms with Crippen LogP contribution in [0.4, 0.5) is 0 Å². The quantitative estimate of drug-likeness (QED) is 0.322. The van der Waals surface area contributed by atoms with Gasteiger partial charge in [-0.25, -0.2) is 0 Å². The van der Waals surface area contributed by atoms with Crippen molar-refractivity contribution in [3.63, 3.8) is 0 Å². The molecule has 0 radical (unpaired) electrons. The lowest BCUT2D eigenvalue weighted by Gasteiger charge is -2.32. The summed E-state index contributed by atoms with van der Waals surface area (Å²) in [4.78, 5) is 5.27. The Morgan fingerprint density at radius 3 is 1.97 bits per heavy atom. The number of nitrogens with zero attached hydrogens (tertiary/aromatic N) is 2. The molecule has 3 aromatic rings. The molecule has 0 aromatic heterocycles.